The first-order valence-corrected chi connectivity index (χ1v) is 8.52. The molecule has 0 radical (unpaired) electrons. The molecule has 0 aliphatic rings. The smallest absolute Gasteiger partial charge is 0.242 e. The van der Waals surface area contributed by atoms with E-state index in [4.69, 9.17) is 5.11 Å². The molecule has 0 fully saturated rings. The third-order valence-corrected chi connectivity index (χ3v) is 4.83. The number of nitrogens with one attached hydrogen (secondary N) is 1. The molecule has 0 aliphatic heterocycles. The van der Waals surface area contributed by atoms with E-state index in [2.05, 4.69) is 16.6 Å². The van der Waals surface area contributed by atoms with Crippen LogP contribution in [0.25, 0.3) is 0 Å². The summed E-state index contributed by atoms with van der Waals surface area (Å²) in [5.74, 6) is 5.43. The first kappa shape index (κ1) is 17.7. The number of sulfonamides is 1. The third kappa shape index (κ3) is 4.85. The third-order valence-electron chi connectivity index (χ3n) is 3.28. The fourth-order valence-electron chi connectivity index (χ4n) is 2.06. The normalized spacial score (nSPS) is 12.9. The molecule has 0 saturated heterocycles. The van der Waals surface area contributed by atoms with Gasteiger partial charge in [0.25, 0.3) is 0 Å². The summed E-state index contributed by atoms with van der Waals surface area (Å²) in [6, 6.07) is 4.91. The number of aliphatic hydroxyl groups is 1. The SMILES string of the molecule is CCC(NS(=O)(=O)c1ccc(C)cc1C#CCO)C(C)C. The van der Waals surface area contributed by atoms with Crippen molar-refractivity contribution in [3.63, 3.8) is 0 Å². The number of aryl methyl sites for hydroxylation is 1. The Morgan fingerprint density at radius 3 is 2.52 bits per heavy atom. The monoisotopic (exact) mass is 309 g/mol. The van der Waals surface area contributed by atoms with E-state index in [9.17, 15) is 8.42 Å². The Morgan fingerprint density at radius 2 is 2.00 bits per heavy atom. The Kier molecular flexibility index (Phi) is 6.41. The first-order valence-electron chi connectivity index (χ1n) is 7.04. The highest BCUT2D eigenvalue weighted by Crippen LogP contribution is 2.18. The van der Waals surface area contributed by atoms with Crippen molar-refractivity contribution in [2.45, 2.75) is 45.1 Å². The van der Waals surface area contributed by atoms with E-state index in [1.54, 1.807) is 18.2 Å². The van der Waals surface area contributed by atoms with Crippen LogP contribution in [0.4, 0.5) is 0 Å². The predicted molar refractivity (Wildman–Crippen MR) is 84.4 cm³/mol. The van der Waals surface area contributed by atoms with E-state index in [0.29, 0.717) is 5.56 Å². The molecule has 1 atom stereocenters. The zero-order valence-electron chi connectivity index (χ0n) is 13.0. The lowest BCUT2D eigenvalue weighted by Crippen LogP contribution is -2.38. The van der Waals surface area contributed by atoms with Gasteiger partial charge in [0.15, 0.2) is 0 Å². The minimum Gasteiger partial charge on any atom is -0.384 e. The van der Waals surface area contributed by atoms with E-state index in [1.807, 2.05) is 27.7 Å². The maximum atomic E-state index is 12.6. The number of hydrogen-bond acceptors (Lipinski definition) is 3. The number of aliphatic hydroxyl groups excluding tert-OH is 1. The van der Waals surface area contributed by atoms with E-state index >= 15 is 0 Å². The number of benzene rings is 1. The van der Waals surface area contributed by atoms with Crippen molar-refractivity contribution in [3.05, 3.63) is 29.3 Å². The fourth-order valence-corrected chi connectivity index (χ4v) is 3.68. The summed E-state index contributed by atoms with van der Waals surface area (Å²) >= 11 is 0. The molecular weight excluding hydrogens is 286 g/mol. The molecule has 21 heavy (non-hydrogen) atoms. The van der Waals surface area contributed by atoms with Crippen LogP contribution in [0.5, 0.6) is 0 Å². The van der Waals surface area contributed by atoms with Crippen LogP contribution in [0.1, 0.15) is 38.3 Å². The van der Waals surface area contributed by atoms with Crippen LogP contribution < -0.4 is 4.72 Å². The molecule has 0 heterocycles. The summed E-state index contributed by atoms with van der Waals surface area (Å²) in [7, 11) is -3.63. The molecule has 116 valence electrons. The topological polar surface area (TPSA) is 66.4 Å². The average molecular weight is 309 g/mol. The fraction of sp³-hybridized carbons (Fsp3) is 0.500. The van der Waals surface area contributed by atoms with Crippen LogP contribution in [-0.2, 0) is 10.0 Å². The maximum Gasteiger partial charge on any atom is 0.242 e. The highest BCUT2D eigenvalue weighted by molar-refractivity contribution is 7.89. The Bertz CT molecular complexity index is 639. The van der Waals surface area contributed by atoms with Crippen LogP contribution in [0.15, 0.2) is 23.1 Å². The van der Waals surface area contributed by atoms with Gasteiger partial charge in [0.05, 0.1) is 4.90 Å². The lowest BCUT2D eigenvalue weighted by atomic mass is 10.0. The van der Waals surface area contributed by atoms with Gasteiger partial charge in [0.2, 0.25) is 10.0 Å². The molecule has 1 rings (SSSR count). The van der Waals surface area contributed by atoms with Gasteiger partial charge in [-0.15, -0.1) is 0 Å². The zero-order valence-corrected chi connectivity index (χ0v) is 13.8. The molecule has 0 aromatic heterocycles. The van der Waals surface area contributed by atoms with Crippen molar-refractivity contribution in [2.75, 3.05) is 6.61 Å². The summed E-state index contributed by atoms with van der Waals surface area (Å²) in [5.41, 5.74) is 1.34. The first-order chi connectivity index (χ1) is 9.81. The molecule has 4 nitrogen and oxygen atoms in total. The minimum absolute atomic E-state index is 0.116. The van der Waals surface area contributed by atoms with Crippen LogP contribution >= 0.6 is 0 Å². The standard InChI is InChI=1S/C16H23NO3S/c1-5-15(12(2)3)17-21(19,20)16-9-8-13(4)11-14(16)7-6-10-18/h8-9,11-12,15,17-18H,5,10H2,1-4H3. The number of hydrogen-bond donors (Lipinski definition) is 2. The highest BCUT2D eigenvalue weighted by atomic mass is 32.2. The van der Waals surface area contributed by atoms with Crippen molar-refractivity contribution in [1.29, 1.82) is 0 Å². The van der Waals surface area contributed by atoms with E-state index < -0.39 is 10.0 Å². The molecule has 0 amide bonds. The van der Waals surface area contributed by atoms with Gasteiger partial charge in [-0.1, -0.05) is 38.7 Å². The Balaban J connectivity index is 3.25. The second kappa shape index (κ2) is 7.60. The van der Waals surface area contributed by atoms with Gasteiger partial charge in [-0.2, -0.15) is 0 Å². The maximum absolute atomic E-state index is 12.6. The Labute approximate surface area is 127 Å². The molecule has 5 heteroatoms. The molecule has 1 aromatic carbocycles. The highest BCUT2D eigenvalue weighted by Gasteiger charge is 2.23. The molecule has 1 unspecified atom stereocenters. The second-order valence-corrected chi connectivity index (χ2v) is 7.02. The second-order valence-electron chi connectivity index (χ2n) is 5.34. The summed E-state index contributed by atoms with van der Waals surface area (Å²) in [6.07, 6.45) is 0.723. The lowest BCUT2D eigenvalue weighted by Gasteiger charge is -2.21. The van der Waals surface area contributed by atoms with Gasteiger partial charge < -0.3 is 5.11 Å². The van der Waals surface area contributed by atoms with Crippen molar-refractivity contribution in [2.24, 2.45) is 5.92 Å². The molecule has 2 N–H and O–H groups in total. The summed E-state index contributed by atoms with van der Waals surface area (Å²) < 4.78 is 27.9. The van der Waals surface area contributed by atoms with E-state index in [0.717, 1.165) is 12.0 Å². The summed E-state index contributed by atoms with van der Waals surface area (Å²) in [4.78, 5) is 0.160. The molecule has 0 aliphatic carbocycles. The summed E-state index contributed by atoms with van der Waals surface area (Å²) in [6.45, 7) is 7.49. The van der Waals surface area contributed by atoms with Gasteiger partial charge in [0.1, 0.15) is 6.61 Å². The van der Waals surface area contributed by atoms with Crippen molar-refractivity contribution in [1.82, 2.24) is 4.72 Å². The van der Waals surface area contributed by atoms with Gasteiger partial charge in [0, 0.05) is 11.6 Å². The quantitative estimate of drug-likeness (QED) is 0.818. The average Bonchev–Trinajstić information content (AvgIpc) is 2.42. The minimum atomic E-state index is -3.63. The largest absolute Gasteiger partial charge is 0.384 e. The summed E-state index contributed by atoms with van der Waals surface area (Å²) in [5, 5.41) is 8.81. The predicted octanol–water partition coefficient (Wildman–Crippen LogP) is 2.05. The van der Waals surface area contributed by atoms with Crippen molar-refractivity contribution < 1.29 is 13.5 Å². The molecule has 0 bridgehead atoms. The molecular formula is C16H23NO3S. The van der Waals surface area contributed by atoms with Crippen molar-refractivity contribution in [3.8, 4) is 11.8 Å². The van der Waals surface area contributed by atoms with E-state index in [1.165, 1.54) is 0 Å². The van der Waals surface area contributed by atoms with Gasteiger partial charge in [-0.3, -0.25) is 0 Å². The number of rotatable bonds is 5. The Hall–Kier alpha value is -1.35. The van der Waals surface area contributed by atoms with Crippen LogP contribution in [0.3, 0.4) is 0 Å². The zero-order chi connectivity index (χ0) is 16.0. The molecule has 1 aromatic rings. The van der Waals surface area contributed by atoms with Crippen LogP contribution in [0, 0.1) is 24.7 Å². The van der Waals surface area contributed by atoms with E-state index in [-0.39, 0.29) is 23.5 Å². The Morgan fingerprint density at radius 1 is 1.33 bits per heavy atom. The lowest BCUT2D eigenvalue weighted by molar-refractivity contribution is 0.350. The van der Waals surface area contributed by atoms with Crippen LogP contribution in [-0.4, -0.2) is 26.2 Å². The van der Waals surface area contributed by atoms with Gasteiger partial charge >= 0.3 is 0 Å². The molecule has 0 saturated carbocycles. The molecule has 0 spiro atoms. The van der Waals surface area contributed by atoms with Gasteiger partial charge in [-0.25, -0.2) is 13.1 Å². The van der Waals surface area contributed by atoms with Gasteiger partial charge in [-0.05, 0) is 37.0 Å². The van der Waals surface area contributed by atoms with Crippen LogP contribution in [0.2, 0.25) is 0 Å². The van der Waals surface area contributed by atoms with Crippen molar-refractivity contribution >= 4 is 10.0 Å².